The van der Waals surface area contributed by atoms with Crippen LogP contribution in [0.1, 0.15) is 32.4 Å². The van der Waals surface area contributed by atoms with Gasteiger partial charge >= 0.3 is 11.4 Å². The summed E-state index contributed by atoms with van der Waals surface area (Å²) < 4.78 is 9.77. The van der Waals surface area contributed by atoms with Gasteiger partial charge in [0.25, 0.3) is 5.69 Å². The third-order valence-electron chi connectivity index (χ3n) is 2.25. The zero-order valence-electron chi connectivity index (χ0n) is 11.7. The fraction of sp³-hybridized carbons (Fsp3) is 0.385. The minimum atomic E-state index is -1.60. The number of carbonyl (C=O) groups is 2. The standard InChI is InChI=1S/C13H14ClNO6/c1-13(2,3)21-11(16)10(20-12(14)17)8-6-4-5-7-9(8)15(18)19/h4-7,10H,1-3H3. The van der Waals surface area contributed by atoms with Gasteiger partial charge in [-0.2, -0.15) is 0 Å². The number of hydrogen-bond donors (Lipinski definition) is 0. The van der Waals surface area contributed by atoms with Crippen molar-refractivity contribution in [3.63, 3.8) is 0 Å². The van der Waals surface area contributed by atoms with Crippen molar-refractivity contribution in [3.05, 3.63) is 39.9 Å². The topological polar surface area (TPSA) is 95.7 Å². The molecule has 0 saturated heterocycles. The summed E-state index contributed by atoms with van der Waals surface area (Å²) in [5.74, 6) is -0.939. The maximum Gasteiger partial charge on any atom is 0.404 e. The van der Waals surface area contributed by atoms with Gasteiger partial charge in [0.15, 0.2) is 0 Å². The van der Waals surface area contributed by atoms with Crippen molar-refractivity contribution in [2.45, 2.75) is 32.5 Å². The molecule has 7 nitrogen and oxygen atoms in total. The predicted molar refractivity (Wildman–Crippen MR) is 74.0 cm³/mol. The molecule has 0 saturated carbocycles. The Morgan fingerprint density at radius 1 is 1.29 bits per heavy atom. The van der Waals surface area contributed by atoms with Gasteiger partial charge in [-0.15, -0.1) is 0 Å². The van der Waals surface area contributed by atoms with Crippen LogP contribution >= 0.6 is 11.6 Å². The van der Waals surface area contributed by atoms with Gasteiger partial charge in [0.05, 0.1) is 10.5 Å². The average Bonchev–Trinajstić information content (AvgIpc) is 2.33. The molecule has 1 atom stereocenters. The number of rotatable bonds is 4. The highest BCUT2D eigenvalue weighted by Crippen LogP contribution is 2.30. The molecule has 0 amide bonds. The number of nitrogens with zero attached hydrogens (tertiary/aromatic N) is 1. The monoisotopic (exact) mass is 315 g/mol. The number of esters is 1. The molecule has 0 spiro atoms. The Labute approximate surface area is 125 Å². The molecule has 0 aliphatic carbocycles. The molecule has 21 heavy (non-hydrogen) atoms. The molecule has 1 rings (SSSR count). The Morgan fingerprint density at radius 3 is 2.33 bits per heavy atom. The van der Waals surface area contributed by atoms with E-state index in [1.807, 2.05) is 0 Å². The van der Waals surface area contributed by atoms with E-state index in [0.29, 0.717) is 0 Å². The maximum absolute atomic E-state index is 12.1. The number of hydrogen-bond acceptors (Lipinski definition) is 6. The first kappa shape index (κ1) is 16.9. The van der Waals surface area contributed by atoms with Gasteiger partial charge in [-0.05, 0) is 26.8 Å². The van der Waals surface area contributed by atoms with Crippen molar-refractivity contribution in [2.75, 3.05) is 0 Å². The molecule has 0 aliphatic rings. The first-order chi connectivity index (χ1) is 9.61. The normalized spacial score (nSPS) is 12.4. The van der Waals surface area contributed by atoms with Crippen LogP contribution in [0.2, 0.25) is 0 Å². The number of ether oxygens (including phenoxy) is 2. The van der Waals surface area contributed by atoms with Crippen LogP contribution in [-0.4, -0.2) is 21.9 Å². The predicted octanol–water partition coefficient (Wildman–Crippen LogP) is 3.35. The fourth-order valence-electron chi connectivity index (χ4n) is 1.56. The van der Waals surface area contributed by atoms with E-state index in [-0.39, 0.29) is 11.3 Å². The highest BCUT2D eigenvalue weighted by atomic mass is 35.5. The van der Waals surface area contributed by atoms with E-state index in [0.717, 1.165) is 0 Å². The van der Waals surface area contributed by atoms with Crippen LogP contribution in [0.5, 0.6) is 0 Å². The zero-order chi connectivity index (χ0) is 16.2. The lowest BCUT2D eigenvalue weighted by Gasteiger charge is -2.23. The Bertz CT molecular complexity index is 566. The minimum Gasteiger partial charge on any atom is -0.457 e. The van der Waals surface area contributed by atoms with E-state index < -0.39 is 28.0 Å². The lowest BCUT2D eigenvalue weighted by atomic mass is 10.1. The fourth-order valence-corrected chi connectivity index (χ4v) is 1.65. The van der Waals surface area contributed by atoms with Crippen LogP contribution in [-0.2, 0) is 14.3 Å². The molecule has 0 bridgehead atoms. The van der Waals surface area contributed by atoms with Crippen LogP contribution in [0.25, 0.3) is 0 Å². The summed E-state index contributed by atoms with van der Waals surface area (Å²) in [6.45, 7) is 4.84. The van der Waals surface area contributed by atoms with Gasteiger partial charge in [0.1, 0.15) is 5.60 Å². The molecule has 0 aromatic heterocycles. The molecule has 114 valence electrons. The van der Waals surface area contributed by atoms with Crippen molar-refractivity contribution in [1.29, 1.82) is 0 Å². The third kappa shape index (κ3) is 5.03. The second kappa shape index (κ2) is 6.53. The minimum absolute atomic E-state index is 0.106. The van der Waals surface area contributed by atoms with Crippen molar-refractivity contribution in [1.82, 2.24) is 0 Å². The first-order valence-electron chi connectivity index (χ1n) is 5.94. The zero-order valence-corrected chi connectivity index (χ0v) is 12.4. The molecule has 0 radical (unpaired) electrons. The molecule has 0 fully saturated rings. The van der Waals surface area contributed by atoms with Crippen molar-refractivity contribution < 1.29 is 24.0 Å². The lowest BCUT2D eigenvalue weighted by Crippen LogP contribution is -2.29. The maximum atomic E-state index is 12.1. The van der Waals surface area contributed by atoms with Crippen molar-refractivity contribution >= 4 is 28.7 Å². The van der Waals surface area contributed by atoms with Gasteiger partial charge in [0, 0.05) is 17.7 Å². The van der Waals surface area contributed by atoms with Gasteiger partial charge in [-0.3, -0.25) is 10.1 Å². The van der Waals surface area contributed by atoms with Gasteiger partial charge in [-0.1, -0.05) is 12.1 Å². The highest BCUT2D eigenvalue weighted by molar-refractivity contribution is 6.61. The van der Waals surface area contributed by atoms with E-state index in [4.69, 9.17) is 16.3 Å². The number of nitro groups is 1. The summed E-state index contributed by atoms with van der Waals surface area (Å²) in [5.41, 5.74) is -2.58. The third-order valence-corrected chi connectivity index (χ3v) is 2.34. The second-order valence-electron chi connectivity index (χ2n) is 5.08. The summed E-state index contributed by atoms with van der Waals surface area (Å²) in [5, 5.41) is 11.0. The van der Waals surface area contributed by atoms with Gasteiger partial charge in [-0.25, -0.2) is 9.59 Å². The Balaban J connectivity index is 3.23. The smallest absolute Gasteiger partial charge is 0.404 e. The molecule has 0 N–H and O–H groups in total. The summed E-state index contributed by atoms with van der Waals surface area (Å²) in [6, 6.07) is 5.39. The second-order valence-corrected chi connectivity index (χ2v) is 5.39. The van der Waals surface area contributed by atoms with E-state index in [1.165, 1.54) is 24.3 Å². The summed E-state index contributed by atoms with van der Waals surface area (Å²) in [7, 11) is 0. The average molecular weight is 316 g/mol. The van der Waals surface area contributed by atoms with E-state index in [1.54, 1.807) is 20.8 Å². The molecular formula is C13H14ClNO6. The Kier molecular flexibility index (Phi) is 5.26. The molecule has 1 unspecified atom stereocenters. The molecule has 8 heteroatoms. The van der Waals surface area contributed by atoms with E-state index in [9.17, 15) is 19.7 Å². The largest absolute Gasteiger partial charge is 0.457 e. The highest BCUT2D eigenvalue weighted by Gasteiger charge is 2.34. The van der Waals surface area contributed by atoms with Crippen molar-refractivity contribution in [2.24, 2.45) is 0 Å². The van der Waals surface area contributed by atoms with Crippen LogP contribution < -0.4 is 0 Å². The molecule has 1 aromatic rings. The SMILES string of the molecule is CC(C)(C)OC(=O)C(OC(=O)Cl)c1ccccc1[N+](=O)[O-]. The van der Waals surface area contributed by atoms with Crippen molar-refractivity contribution in [3.8, 4) is 0 Å². The van der Waals surface area contributed by atoms with Crippen LogP contribution in [0.15, 0.2) is 24.3 Å². The Hall–Kier alpha value is -2.15. The molecule has 0 heterocycles. The number of halogens is 1. The van der Waals surface area contributed by atoms with Crippen LogP contribution in [0.3, 0.4) is 0 Å². The number of benzene rings is 1. The molecule has 1 aromatic carbocycles. The lowest BCUT2D eigenvalue weighted by molar-refractivity contribution is -0.386. The quantitative estimate of drug-likeness (QED) is 0.366. The van der Waals surface area contributed by atoms with E-state index in [2.05, 4.69) is 4.74 Å². The van der Waals surface area contributed by atoms with Crippen LogP contribution in [0, 0.1) is 10.1 Å². The summed E-state index contributed by atoms with van der Waals surface area (Å²) >= 11 is 5.13. The van der Waals surface area contributed by atoms with Crippen LogP contribution in [0.4, 0.5) is 10.5 Å². The Morgan fingerprint density at radius 2 is 1.86 bits per heavy atom. The van der Waals surface area contributed by atoms with Gasteiger partial charge in [0.2, 0.25) is 6.10 Å². The molecule has 0 aliphatic heterocycles. The molecular weight excluding hydrogens is 302 g/mol. The number of carbonyl (C=O) groups excluding carboxylic acids is 2. The van der Waals surface area contributed by atoms with E-state index >= 15 is 0 Å². The first-order valence-corrected chi connectivity index (χ1v) is 6.32. The number of nitro benzene ring substituents is 1. The number of para-hydroxylation sites is 1. The summed E-state index contributed by atoms with van der Waals surface area (Å²) in [4.78, 5) is 33.3. The summed E-state index contributed by atoms with van der Waals surface area (Å²) in [6.07, 6.45) is -1.60. The van der Waals surface area contributed by atoms with Gasteiger partial charge < -0.3 is 9.47 Å².